The van der Waals surface area contributed by atoms with Crippen molar-refractivity contribution in [2.24, 2.45) is 0 Å². The first-order valence-electron chi connectivity index (χ1n) is 5.00. The molecule has 1 aromatic heterocycles. The van der Waals surface area contributed by atoms with Gasteiger partial charge in [0.25, 0.3) is 0 Å². The van der Waals surface area contributed by atoms with Gasteiger partial charge in [-0.15, -0.1) is 0 Å². The number of aromatic nitrogens is 2. The molecule has 0 saturated carbocycles. The Hall–Kier alpha value is -1.52. The number of ether oxygens (including phenoxy) is 1. The van der Waals surface area contributed by atoms with Gasteiger partial charge in [0.15, 0.2) is 0 Å². The van der Waals surface area contributed by atoms with Crippen molar-refractivity contribution >= 4 is 11.8 Å². The van der Waals surface area contributed by atoms with Crippen LogP contribution in [0.3, 0.4) is 0 Å². The molecule has 84 valence electrons. The van der Waals surface area contributed by atoms with E-state index in [2.05, 4.69) is 9.84 Å². The van der Waals surface area contributed by atoms with Crippen LogP contribution in [-0.4, -0.2) is 22.9 Å². The molecular weight excluding hydrogens is 194 g/mol. The number of unbranched alkanes of at least 4 members (excludes halogenated alkanes) is 1. The maximum absolute atomic E-state index is 10.8. The lowest BCUT2D eigenvalue weighted by molar-refractivity contribution is -0.140. The molecule has 0 unspecified atom stereocenters. The van der Waals surface area contributed by atoms with Crippen LogP contribution in [0.25, 0.3) is 0 Å². The number of methoxy groups -OCH3 is 1. The van der Waals surface area contributed by atoms with Gasteiger partial charge in [0.05, 0.1) is 7.11 Å². The number of carbonyl (C=O) groups excluding carboxylic acids is 1. The van der Waals surface area contributed by atoms with Crippen molar-refractivity contribution < 1.29 is 9.53 Å². The Morgan fingerprint density at radius 2 is 2.33 bits per heavy atom. The molecule has 0 aliphatic heterocycles. The number of nitrogens with two attached hydrogens (primary N) is 1. The fourth-order valence-electron chi connectivity index (χ4n) is 1.30. The van der Waals surface area contributed by atoms with Crippen LogP contribution in [-0.2, 0) is 16.1 Å². The van der Waals surface area contributed by atoms with Crippen molar-refractivity contribution in [1.82, 2.24) is 9.78 Å². The molecular formula is C10H17N3O2. The fraction of sp³-hybridized carbons (Fsp3) is 0.600. The van der Waals surface area contributed by atoms with Crippen LogP contribution in [0.1, 0.15) is 24.8 Å². The second-order valence-electron chi connectivity index (χ2n) is 3.49. The largest absolute Gasteiger partial charge is 0.469 e. The van der Waals surface area contributed by atoms with E-state index in [1.54, 1.807) is 0 Å². The second-order valence-corrected chi connectivity index (χ2v) is 3.49. The van der Waals surface area contributed by atoms with E-state index in [4.69, 9.17) is 5.73 Å². The number of rotatable bonds is 5. The van der Waals surface area contributed by atoms with Crippen molar-refractivity contribution in [1.29, 1.82) is 0 Å². The average Bonchev–Trinajstić information content (AvgIpc) is 2.53. The summed E-state index contributed by atoms with van der Waals surface area (Å²) in [6.07, 6.45) is 4.08. The predicted molar refractivity (Wildman–Crippen MR) is 57.2 cm³/mol. The van der Waals surface area contributed by atoms with E-state index in [0.29, 0.717) is 12.2 Å². The quantitative estimate of drug-likeness (QED) is 0.585. The molecule has 0 aliphatic rings. The van der Waals surface area contributed by atoms with E-state index in [1.807, 2.05) is 17.8 Å². The van der Waals surface area contributed by atoms with Gasteiger partial charge < -0.3 is 10.5 Å². The maximum Gasteiger partial charge on any atom is 0.305 e. The summed E-state index contributed by atoms with van der Waals surface area (Å²) < 4.78 is 6.35. The number of hydrogen-bond acceptors (Lipinski definition) is 4. The van der Waals surface area contributed by atoms with Crippen molar-refractivity contribution in [2.45, 2.75) is 32.7 Å². The van der Waals surface area contributed by atoms with E-state index in [0.717, 1.165) is 24.9 Å². The number of nitrogen functional groups attached to an aromatic ring is 1. The first kappa shape index (κ1) is 11.6. The Morgan fingerprint density at radius 1 is 1.60 bits per heavy atom. The van der Waals surface area contributed by atoms with E-state index >= 15 is 0 Å². The molecule has 1 heterocycles. The summed E-state index contributed by atoms with van der Waals surface area (Å²) >= 11 is 0. The summed E-state index contributed by atoms with van der Waals surface area (Å²) in [5.74, 6) is 0.411. The molecule has 0 radical (unpaired) electrons. The molecule has 0 spiro atoms. The number of aryl methyl sites for hydroxylation is 2. The Kier molecular flexibility index (Phi) is 4.15. The van der Waals surface area contributed by atoms with Gasteiger partial charge in [0.2, 0.25) is 0 Å². The first-order valence-corrected chi connectivity index (χ1v) is 5.00. The highest BCUT2D eigenvalue weighted by Crippen LogP contribution is 2.07. The van der Waals surface area contributed by atoms with Crippen LogP contribution in [0, 0.1) is 6.92 Å². The zero-order chi connectivity index (χ0) is 11.3. The molecule has 15 heavy (non-hydrogen) atoms. The van der Waals surface area contributed by atoms with Crippen molar-refractivity contribution in [3.05, 3.63) is 11.8 Å². The van der Waals surface area contributed by atoms with Gasteiger partial charge in [0, 0.05) is 24.7 Å². The van der Waals surface area contributed by atoms with Crippen LogP contribution in [0.5, 0.6) is 0 Å². The Morgan fingerprint density at radius 3 is 2.87 bits per heavy atom. The van der Waals surface area contributed by atoms with Crippen molar-refractivity contribution in [2.75, 3.05) is 12.8 Å². The number of carbonyl (C=O) groups is 1. The number of anilines is 1. The van der Waals surface area contributed by atoms with Crippen LogP contribution < -0.4 is 5.73 Å². The molecule has 0 amide bonds. The van der Waals surface area contributed by atoms with E-state index in [1.165, 1.54) is 7.11 Å². The van der Waals surface area contributed by atoms with E-state index in [9.17, 15) is 4.79 Å². The lowest BCUT2D eigenvalue weighted by Crippen LogP contribution is -2.03. The van der Waals surface area contributed by atoms with Crippen molar-refractivity contribution in [3.63, 3.8) is 0 Å². The summed E-state index contributed by atoms with van der Waals surface area (Å²) in [4.78, 5) is 10.8. The molecule has 1 rings (SSSR count). The molecule has 0 saturated heterocycles. The normalized spacial score (nSPS) is 10.3. The lowest BCUT2D eigenvalue weighted by atomic mass is 10.2. The molecule has 0 fully saturated rings. The van der Waals surface area contributed by atoms with Gasteiger partial charge in [0.1, 0.15) is 5.82 Å². The Balaban J connectivity index is 2.23. The summed E-state index contributed by atoms with van der Waals surface area (Å²) in [5.41, 5.74) is 6.60. The third-order valence-corrected chi connectivity index (χ3v) is 2.23. The molecule has 0 aliphatic carbocycles. The summed E-state index contributed by atoms with van der Waals surface area (Å²) in [7, 11) is 1.40. The van der Waals surface area contributed by atoms with Gasteiger partial charge >= 0.3 is 5.97 Å². The Bertz CT molecular complexity index is 314. The molecule has 0 bridgehead atoms. The van der Waals surface area contributed by atoms with Crippen molar-refractivity contribution in [3.8, 4) is 0 Å². The SMILES string of the molecule is COC(=O)CCCCn1cc(C)c(N)n1. The smallest absolute Gasteiger partial charge is 0.305 e. The summed E-state index contributed by atoms with van der Waals surface area (Å²) in [5, 5.41) is 4.13. The maximum atomic E-state index is 10.8. The minimum absolute atomic E-state index is 0.161. The van der Waals surface area contributed by atoms with Crippen LogP contribution in [0.2, 0.25) is 0 Å². The summed E-state index contributed by atoms with van der Waals surface area (Å²) in [6.45, 7) is 2.71. The first-order chi connectivity index (χ1) is 7.13. The monoisotopic (exact) mass is 211 g/mol. The standard InChI is InChI=1S/C10H17N3O2/c1-8-7-13(12-10(8)11)6-4-3-5-9(14)15-2/h7H,3-6H2,1-2H3,(H2,11,12). The third-order valence-electron chi connectivity index (χ3n) is 2.23. The molecule has 1 aromatic rings. The van der Waals surface area contributed by atoms with E-state index in [-0.39, 0.29) is 5.97 Å². The second kappa shape index (κ2) is 5.38. The van der Waals surface area contributed by atoms with Crippen LogP contribution in [0.15, 0.2) is 6.20 Å². The fourth-order valence-corrected chi connectivity index (χ4v) is 1.30. The highest BCUT2D eigenvalue weighted by molar-refractivity contribution is 5.68. The topological polar surface area (TPSA) is 70.1 Å². The number of nitrogens with zero attached hydrogens (tertiary/aromatic N) is 2. The molecule has 5 nitrogen and oxygen atoms in total. The third kappa shape index (κ3) is 3.61. The molecule has 0 aromatic carbocycles. The van der Waals surface area contributed by atoms with E-state index < -0.39 is 0 Å². The number of esters is 1. The highest BCUT2D eigenvalue weighted by atomic mass is 16.5. The Labute approximate surface area is 89.2 Å². The molecule has 2 N–H and O–H groups in total. The van der Waals surface area contributed by atoms with Crippen LogP contribution >= 0.6 is 0 Å². The van der Waals surface area contributed by atoms with Crippen LogP contribution in [0.4, 0.5) is 5.82 Å². The lowest BCUT2D eigenvalue weighted by Gasteiger charge is -2.00. The predicted octanol–water partition coefficient (Wildman–Crippen LogP) is 1.12. The highest BCUT2D eigenvalue weighted by Gasteiger charge is 2.02. The van der Waals surface area contributed by atoms with Gasteiger partial charge in [-0.2, -0.15) is 5.10 Å². The molecule has 0 atom stereocenters. The minimum atomic E-state index is -0.161. The molecule has 5 heteroatoms. The number of hydrogen-bond donors (Lipinski definition) is 1. The minimum Gasteiger partial charge on any atom is -0.469 e. The van der Waals surface area contributed by atoms with Gasteiger partial charge in [-0.3, -0.25) is 9.48 Å². The summed E-state index contributed by atoms with van der Waals surface area (Å²) in [6, 6.07) is 0. The van der Waals surface area contributed by atoms with Gasteiger partial charge in [-0.25, -0.2) is 0 Å². The van der Waals surface area contributed by atoms with Gasteiger partial charge in [-0.1, -0.05) is 0 Å². The zero-order valence-corrected chi connectivity index (χ0v) is 9.19. The zero-order valence-electron chi connectivity index (χ0n) is 9.19. The average molecular weight is 211 g/mol. The van der Waals surface area contributed by atoms with Gasteiger partial charge in [-0.05, 0) is 19.8 Å².